The SMILES string of the molecule is COc1cc2c(cc1OCCCC(=O)Nc1cn(C)c(C(=O)Nc3ccc(NC(=O)[C@H](C)NC(=O)[C@H](C)NC(=O)CCCCC(=O)ON4C(=O)CCC4=O)cc3)n1)N=C[C@@H]1Cc3ccccc3N1C2=O. The number of aromatic nitrogens is 2. The maximum atomic E-state index is 13.7. The number of hydrogen-bond acceptors (Lipinski definition) is 14. The van der Waals surface area contributed by atoms with Crippen LogP contribution in [0.5, 0.6) is 11.5 Å². The van der Waals surface area contributed by atoms with Crippen LogP contribution < -0.4 is 41.0 Å². The zero-order chi connectivity index (χ0) is 50.1. The highest BCUT2D eigenvalue weighted by Gasteiger charge is 2.37. The summed E-state index contributed by atoms with van der Waals surface area (Å²) in [5, 5.41) is 13.6. The van der Waals surface area contributed by atoms with Crippen LogP contribution in [-0.2, 0) is 51.9 Å². The summed E-state index contributed by atoms with van der Waals surface area (Å²) in [4.78, 5) is 128. The maximum absolute atomic E-state index is 13.7. The zero-order valence-corrected chi connectivity index (χ0v) is 38.9. The number of fused-ring (bicyclic) bond motifs is 4. The van der Waals surface area contributed by atoms with E-state index < -0.39 is 53.5 Å². The molecule has 5 N–H and O–H groups in total. The van der Waals surface area contributed by atoms with Gasteiger partial charge in [0.05, 0.1) is 31.0 Å². The molecule has 0 unspecified atom stereocenters. The molecular formula is C48H52N10O12. The zero-order valence-electron chi connectivity index (χ0n) is 38.9. The molecule has 7 rings (SSSR count). The summed E-state index contributed by atoms with van der Waals surface area (Å²) < 4.78 is 13.0. The molecule has 3 aliphatic rings. The fraction of sp³-hybridized carbons (Fsp3) is 0.354. The molecule has 366 valence electrons. The van der Waals surface area contributed by atoms with E-state index in [0.29, 0.717) is 52.0 Å². The lowest BCUT2D eigenvalue weighted by molar-refractivity contribution is -0.197. The molecule has 70 heavy (non-hydrogen) atoms. The Hall–Kier alpha value is -8.43. The second-order valence-electron chi connectivity index (χ2n) is 16.7. The highest BCUT2D eigenvalue weighted by molar-refractivity contribution is 6.15. The summed E-state index contributed by atoms with van der Waals surface area (Å²) in [6.07, 6.45) is 4.71. The van der Waals surface area contributed by atoms with Crippen molar-refractivity contribution in [3.63, 3.8) is 0 Å². The van der Waals surface area contributed by atoms with Crippen LogP contribution in [0.15, 0.2) is 71.9 Å². The van der Waals surface area contributed by atoms with Crippen molar-refractivity contribution in [1.29, 1.82) is 0 Å². The number of imide groups is 1. The molecule has 1 aromatic heterocycles. The van der Waals surface area contributed by atoms with Crippen LogP contribution in [0.4, 0.5) is 28.6 Å². The number of imidazole rings is 1. The van der Waals surface area contributed by atoms with E-state index in [1.165, 1.54) is 31.7 Å². The molecule has 1 saturated heterocycles. The highest BCUT2D eigenvalue weighted by Crippen LogP contribution is 2.41. The van der Waals surface area contributed by atoms with Crippen LogP contribution >= 0.6 is 0 Å². The fourth-order valence-electron chi connectivity index (χ4n) is 7.76. The van der Waals surface area contributed by atoms with E-state index in [0.717, 1.165) is 11.3 Å². The van der Waals surface area contributed by atoms with Gasteiger partial charge in [0.2, 0.25) is 29.5 Å². The lowest BCUT2D eigenvalue weighted by atomic mass is 10.1. The van der Waals surface area contributed by atoms with Gasteiger partial charge in [0.15, 0.2) is 17.3 Å². The minimum atomic E-state index is -0.991. The lowest BCUT2D eigenvalue weighted by Crippen LogP contribution is -2.50. The Morgan fingerprint density at radius 3 is 2.17 bits per heavy atom. The molecule has 4 heterocycles. The van der Waals surface area contributed by atoms with Gasteiger partial charge in [0.25, 0.3) is 23.6 Å². The van der Waals surface area contributed by atoms with E-state index in [1.807, 2.05) is 24.3 Å². The molecular weight excluding hydrogens is 909 g/mol. The van der Waals surface area contributed by atoms with Crippen LogP contribution in [0, 0.1) is 0 Å². The van der Waals surface area contributed by atoms with Gasteiger partial charge >= 0.3 is 5.97 Å². The molecule has 4 aromatic rings. The molecule has 0 aliphatic carbocycles. The van der Waals surface area contributed by atoms with Gasteiger partial charge in [0, 0.05) is 81.1 Å². The number of rotatable bonds is 20. The number of ether oxygens (including phenoxy) is 2. The number of nitrogens with zero attached hydrogens (tertiary/aromatic N) is 5. The standard InChI is InChI=1S/C48H52N10O12/c1-27(50-39(59)12-7-8-14-43(63)70-58-41(61)19-20-42(58)62)45(64)51-28(2)46(65)52-30-15-17-31(18-16-30)53-47(66)44-55-38(26-56(44)3)54-40(60)13-9-21-69-37-24-34-33(23-36(37)68-4)48(67)57-32(25-49-34)22-29-10-5-6-11-35(29)57/h5-6,10-11,15-18,23-28,32H,7-9,12-14,19-22H2,1-4H3,(H,50,59)(H,51,64)(H,52,65)(H,53,66)(H,54,60)/t27-,28-,32-/m0/s1. The number of benzene rings is 3. The first-order valence-electron chi connectivity index (χ1n) is 22.6. The van der Waals surface area contributed by atoms with Gasteiger partial charge in [-0.25, -0.2) is 9.78 Å². The Morgan fingerprint density at radius 2 is 1.44 bits per heavy atom. The molecule has 0 spiro atoms. The third-order valence-electron chi connectivity index (χ3n) is 11.4. The smallest absolute Gasteiger partial charge is 0.333 e. The number of carbonyl (C=O) groups is 9. The molecule has 0 saturated carbocycles. The number of hydroxylamine groups is 2. The lowest BCUT2D eigenvalue weighted by Gasteiger charge is -2.22. The Kier molecular flexibility index (Phi) is 15.6. The van der Waals surface area contributed by atoms with Crippen LogP contribution in [0.1, 0.15) is 91.8 Å². The summed E-state index contributed by atoms with van der Waals surface area (Å²) >= 11 is 0. The first-order valence-corrected chi connectivity index (χ1v) is 22.6. The molecule has 0 bridgehead atoms. The molecule has 3 aromatic carbocycles. The monoisotopic (exact) mass is 960 g/mol. The van der Waals surface area contributed by atoms with Gasteiger partial charge < -0.3 is 45.5 Å². The summed E-state index contributed by atoms with van der Waals surface area (Å²) in [5.41, 5.74) is 3.54. The number of unbranched alkanes of at least 4 members (excludes halogenated alkanes) is 1. The largest absolute Gasteiger partial charge is 0.493 e. The van der Waals surface area contributed by atoms with Gasteiger partial charge in [0.1, 0.15) is 12.1 Å². The van der Waals surface area contributed by atoms with E-state index in [2.05, 4.69) is 36.6 Å². The van der Waals surface area contributed by atoms with Crippen molar-refractivity contribution in [2.75, 3.05) is 34.6 Å². The topological polar surface area (TPSA) is 278 Å². The first-order chi connectivity index (χ1) is 33.6. The number of methoxy groups -OCH3 is 1. The maximum Gasteiger partial charge on any atom is 0.333 e. The van der Waals surface area contributed by atoms with Crippen LogP contribution in [0.2, 0.25) is 0 Å². The normalized spacial score (nSPS) is 15.4. The van der Waals surface area contributed by atoms with Crippen LogP contribution in [0.25, 0.3) is 0 Å². The summed E-state index contributed by atoms with van der Waals surface area (Å²) in [6.45, 7) is 3.07. The van der Waals surface area contributed by atoms with E-state index >= 15 is 0 Å². The average Bonchev–Trinajstić information content (AvgIpc) is 3.98. The third-order valence-corrected chi connectivity index (χ3v) is 11.4. The second kappa shape index (κ2) is 22.1. The van der Waals surface area contributed by atoms with Crippen LogP contribution in [0.3, 0.4) is 0 Å². The Labute approximate surface area is 401 Å². The molecule has 3 atom stereocenters. The number of hydrogen-bond donors (Lipinski definition) is 5. The molecule has 0 radical (unpaired) electrons. The summed E-state index contributed by atoms with van der Waals surface area (Å²) in [7, 11) is 3.08. The fourth-order valence-corrected chi connectivity index (χ4v) is 7.76. The second-order valence-corrected chi connectivity index (χ2v) is 16.7. The Morgan fingerprint density at radius 1 is 0.771 bits per heavy atom. The van der Waals surface area contributed by atoms with Crippen molar-refractivity contribution in [3.8, 4) is 11.5 Å². The van der Waals surface area contributed by atoms with Crippen molar-refractivity contribution in [2.45, 2.75) is 89.8 Å². The van der Waals surface area contributed by atoms with Crippen molar-refractivity contribution in [2.24, 2.45) is 12.0 Å². The van der Waals surface area contributed by atoms with E-state index in [1.54, 1.807) is 54.6 Å². The highest BCUT2D eigenvalue weighted by atomic mass is 16.7. The Bertz CT molecular complexity index is 2740. The van der Waals surface area contributed by atoms with Crippen LogP contribution in [-0.4, -0.2) is 106 Å². The van der Waals surface area contributed by atoms with E-state index in [-0.39, 0.29) is 81.1 Å². The predicted octanol–water partition coefficient (Wildman–Crippen LogP) is 3.88. The van der Waals surface area contributed by atoms with Gasteiger partial charge in [-0.2, -0.15) is 0 Å². The quantitative estimate of drug-likeness (QED) is 0.0622. The number of anilines is 4. The van der Waals surface area contributed by atoms with Gasteiger partial charge in [-0.15, -0.1) is 5.06 Å². The minimum Gasteiger partial charge on any atom is -0.493 e. The predicted molar refractivity (Wildman–Crippen MR) is 252 cm³/mol. The van der Waals surface area contributed by atoms with Gasteiger partial charge in [-0.05, 0) is 75.1 Å². The van der Waals surface area contributed by atoms with Gasteiger partial charge in [-0.3, -0.25) is 48.2 Å². The number of nitrogens with one attached hydrogen (secondary N) is 5. The number of aliphatic imine (C=N–C) groups is 1. The molecule has 1 fully saturated rings. The van der Waals surface area contributed by atoms with Crippen molar-refractivity contribution in [3.05, 3.63) is 83.8 Å². The number of carbonyl (C=O) groups excluding carboxylic acids is 9. The van der Waals surface area contributed by atoms with E-state index in [9.17, 15) is 43.2 Å². The van der Waals surface area contributed by atoms with Crippen molar-refractivity contribution >= 4 is 88.0 Å². The Balaban J connectivity index is 0.798. The van der Waals surface area contributed by atoms with Crippen molar-refractivity contribution < 1.29 is 57.5 Å². The average molecular weight is 961 g/mol. The minimum absolute atomic E-state index is 0.00679. The summed E-state index contributed by atoms with van der Waals surface area (Å²) in [5.74, 6) is -3.73. The molecule has 22 nitrogen and oxygen atoms in total. The number of amides is 8. The van der Waals surface area contributed by atoms with Crippen molar-refractivity contribution in [1.82, 2.24) is 25.2 Å². The molecule has 3 aliphatic heterocycles. The summed E-state index contributed by atoms with van der Waals surface area (Å²) in [6, 6.07) is 15.1. The van der Waals surface area contributed by atoms with Gasteiger partial charge in [-0.1, -0.05) is 18.2 Å². The van der Waals surface area contributed by atoms with E-state index in [4.69, 9.17) is 14.3 Å². The third kappa shape index (κ3) is 12.0. The number of aryl methyl sites for hydroxylation is 1. The molecule has 8 amide bonds. The number of para-hydroxylation sites is 1. The first kappa shape index (κ1) is 49.5. The molecule has 22 heteroatoms.